The molecule has 0 unspecified atom stereocenters. The highest BCUT2D eigenvalue weighted by atomic mass is 16.1. The lowest BCUT2D eigenvalue weighted by atomic mass is 10.2. The van der Waals surface area contributed by atoms with Gasteiger partial charge in [0, 0.05) is 35.8 Å². The third-order valence-corrected chi connectivity index (χ3v) is 3.13. The summed E-state index contributed by atoms with van der Waals surface area (Å²) < 4.78 is 2.23. The summed E-state index contributed by atoms with van der Waals surface area (Å²) in [6.45, 7) is 3.73. The van der Waals surface area contributed by atoms with Gasteiger partial charge in [-0.25, -0.2) is 0 Å². The average molecular weight is 259 g/mol. The van der Waals surface area contributed by atoms with Gasteiger partial charge < -0.3 is 15.6 Å². The van der Waals surface area contributed by atoms with Crippen LogP contribution in [0.3, 0.4) is 0 Å². The van der Waals surface area contributed by atoms with E-state index in [1.807, 2.05) is 12.1 Å². The number of rotatable bonds is 6. The molecule has 19 heavy (non-hydrogen) atoms. The van der Waals surface area contributed by atoms with Crippen molar-refractivity contribution in [1.82, 2.24) is 4.57 Å². The number of carbonyl (C=O) groups is 1. The van der Waals surface area contributed by atoms with E-state index in [1.54, 1.807) is 0 Å². The van der Waals surface area contributed by atoms with Crippen LogP contribution < -0.4 is 11.1 Å². The van der Waals surface area contributed by atoms with E-state index in [2.05, 4.69) is 35.1 Å². The smallest absolute Gasteiger partial charge is 0.224 e. The second-order valence-electron chi connectivity index (χ2n) is 4.72. The fraction of sp³-hybridized carbons (Fsp3) is 0.400. The fourth-order valence-corrected chi connectivity index (χ4v) is 2.20. The summed E-state index contributed by atoms with van der Waals surface area (Å²) in [6.07, 6.45) is 4.40. The number of nitrogens with two attached hydrogens (primary N) is 1. The quantitative estimate of drug-likeness (QED) is 0.838. The number of anilines is 1. The van der Waals surface area contributed by atoms with Crippen molar-refractivity contribution >= 4 is 22.5 Å². The zero-order valence-corrected chi connectivity index (χ0v) is 11.4. The largest absolute Gasteiger partial charge is 0.347 e. The molecule has 4 nitrogen and oxygen atoms in total. The average Bonchev–Trinajstić information content (AvgIpc) is 2.79. The molecule has 1 aromatic heterocycles. The number of benzene rings is 1. The first-order valence-electron chi connectivity index (χ1n) is 6.83. The Bertz CT molecular complexity index is 560. The molecule has 0 aliphatic rings. The second-order valence-corrected chi connectivity index (χ2v) is 4.72. The molecule has 2 rings (SSSR count). The lowest BCUT2D eigenvalue weighted by Gasteiger charge is -2.06. The first-order valence-corrected chi connectivity index (χ1v) is 6.83. The third-order valence-electron chi connectivity index (χ3n) is 3.13. The molecule has 0 aliphatic heterocycles. The van der Waals surface area contributed by atoms with Crippen LogP contribution in [-0.4, -0.2) is 17.0 Å². The van der Waals surface area contributed by atoms with Crippen LogP contribution in [-0.2, 0) is 11.3 Å². The number of hydrogen-bond donors (Lipinski definition) is 2. The molecule has 0 bridgehead atoms. The Morgan fingerprint density at radius 1 is 1.37 bits per heavy atom. The van der Waals surface area contributed by atoms with Gasteiger partial charge in [0.25, 0.3) is 0 Å². The monoisotopic (exact) mass is 259 g/mol. The number of nitrogens with one attached hydrogen (secondary N) is 1. The molecule has 2 aromatic rings. The normalized spacial score (nSPS) is 10.8. The Balaban J connectivity index is 2.11. The third kappa shape index (κ3) is 3.35. The van der Waals surface area contributed by atoms with E-state index in [9.17, 15) is 4.79 Å². The predicted octanol–water partition coefficient (Wildman–Crippen LogP) is 2.73. The Morgan fingerprint density at radius 3 is 2.95 bits per heavy atom. The Labute approximate surface area is 113 Å². The van der Waals surface area contributed by atoms with Gasteiger partial charge in [-0.1, -0.05) is 6.92 Å². The molecule has 0 radical (unpaired) electrons. The number of amides is 1. The van der Waals surface area contributed by atoms with Gasteiger partial charge in [0.2, 0.25) is 5.91 Å². The van der Waals surface area contributed by atoms with Crippen molar-refractivity contribution in [3.05, 3.63) is 30.5 Å². The minimum absolute atomic E-state index is 0.0257. The van der Waals surface area contributed by atoms with Gasteiger partial charge in [-0.3, -0.25) is 4.79 Å². The maximum absolute atomic E-state index is 11.6. The van der Waals surface area contributed by atoms with Crippen LogP contribution in [0, 0.1) is 0 Å². The molecule has 1 heterocycles. The Hall–Kier alpha value is -1.81. The highest BCUT2D eigenvalue weighted by Gasteiger charge is 2.04. The highest BCUT2D eigenvalue weighted by Crippen LogP contribution is 2.21. The summed E-state index contributed by atoms with van der Waals surface area (Å²) in [7, 11) is 0. The number of carbonyl (C=O) groups excluding carboxylic acids is 1. The van der Waals surface area contributed by atoms with Gasteiger partial charge in [-0.2, -0.15) is 0 Å². The van der Waals surface area contributed by atoms with E-state index in [1.165, 1.54) is 5.52 Å². The first kappa shape index (κ1) is 13.6. The first-order chi connectivity index (χ1) is 9.24. The maximum Gasteiger partial charge on any atom is 0.224 e. The molecule has 1 aromatic carbocycles. The number of fused-ring (bicyclic) bond motifs is 1. The maximum atomic E-state index is 11.6. The SMILES string of the molecule is CCCn1ccc2cc(NC(=O)CCCN)ccc21. The van der Waals surface area contributed by atoms with Crippen molar-refractivity contribution in [2.45, 2.75) is 32.7 Å². The van der Waals surface area contributed by atoms with E-state index in [4.69, 9.17) is 5.73 Å². The molecule has 102 valence electrons. The van der Waals surface area contributed by atoms with E-state index in [-0.39, 0.29) is 5.91 Å². The molecule has 0 spiro atoms. The van der Waals surface area contributed by atoms with Gasteiger partial charge >= 0.3 is 0 Å². The van der Waals surface area contributed by atoms with Gasteiger partial charge in [0.05, 0.1) is 0 Å². The minimum atomic E-state index is 0.0257. The predicted molar refractivity (Wildman–Crippen MR) is 79.1 cm³/mol. The molecule has 0 atom stereocenters. The summed E-state index contributed by atoms with van der Waals surface area (Å²) >= 11 is 0. The second kappa shape index (κ2) is 6.38. The molecule has 0 saturated heterocycles. The lowest BCUT2D eigenvalue weighted by Crippen LogP contribution is -2.13. The van der Waals surface area contributed by atoms with Crippen molar-refractivity contribution in [3.63, 3.8) is 0 Å². The molecular formula is C15H21N3O. The van der Waals surface area contributed by atoms with Crippen molar-refractivity contribution < 1.29 is 4.79 Å². The van der Waals surface area contributed by atoms with Crippen molar-refractivity contribution in [1.29, 1.82) is 0 Å². The number of nitrogens with zero attached hydrogens (tertiary/aromatic N) is 1. The molecule has 0 aliphatic carbocycles. The zero-order chi connectivity index (χ0) is 13.7. The van der Waals surface area contributed by atoms with Crippen LogP contribution in [0.2, 0.25) is 0 Å². The van der Waals surface area contributed by atoms with E-state index in [0.717, 1.165) is 30.5 Å². The van der Waals surface area contributed by atoms with Crippen molar-refractivity contribution in [2.75, 3.05) is 11.9 Å². The van der Waals surface area contributed by atoms with Crippen LogP contribution >= 0.6 is 0 Å². The number of aromatic nitrogens is 1. The molecule has 0 fully saturated rings. The zero-order valence-electron chi connectivity index (χ0n) is 11.4. The lowest BCUT2D eigenvalue weighted by molar-refractivity contribution is -0.116. The Morgan fingerprint density at radius 2 is 2.21 bits per heavy atom. The minimum Gasteiger partial charge on any atom is -0.347 e. The summed E-state index contributed by atoms with van der Waals surface area (Å²) in [5.41, 5.74) is 7.45. The van der Waals surface area contributed by atoms with Gasteiger partial charge in [0.15, 0.2) is 0 Å². The summed E-state index contributed by atoms with van der Waals surface area (Å²) in [5.74, 6) is 0.0257. The van der Waals surface area contributed by atoms with Gasteiger partial charge in [0.1, 0.15) is 0 Å². The van der Waals surface area contributed by atoms with Gasteiger partial charge in [-0.05, 0) is 43.7 Å². The van der Waals surface area contributed by atoms with Crippen LogP contribution in [0.15, 0.2) is 30.5 Å². The molecule has 1 amide bonds. The molecule has 3 N–H and O–H groups in total. The summed E-state index contributed by atoms with van der Waals surface area (Å²) in [5, 5.41) is 4.06. The summed E-state index contributed by atoms with van der Waals surface area (Å²) in [4.78, 5) is 11.6. The topological polar surface area (TPSA) is 60.0 Å². The Kier molecular flexibility index (Phi) is 4.58. The standard InChI is InChI=1S/C15H21N3O/c1-2-9-18-10-7-12-11-13(5-6-14(12)18)17-15(19)4-3-8-16/h5-7,10-11H,2-4,8-9,16H2,1H3,(H,17,19). The molecule has 4 heteroatoms. The van der Waals surface area contributed by atoms with Crippen LogP contribution in [0.25, 0.3) is 10.9 Å². The van der Waals surface area contributed by atoms with Crippen LogP contribution in [0.4, 0.5) is 5.69 Å². The van der Waals surface area contributed by atoms with Gasteiger partial charge in [-0.15, -0.1) is 0 Å². The fourth-order valence-electron chi connectivity index (χ4n) is 2.20. The van der Waals surface area contributed by atoms with Crippen molar-refractivity contribution in [3.8, 4) is 0 Å². The highest BCUT2D eigenvalue weighted by molar-refractivity contribution is 5.93. The number of hydrogen-bond acceptors (Lipinski definition) is 2. The summed E-state index contributed by atoms with van der Waals surface area (Å²) in [6, 6.07) is 8.11. The van der Waals surface area contributed by atoms with Crippen LogP contribution in [0.5, 0.6) is 0 Å². The van der Waals surface area contributed by atoms with E-state index < -0.39 is 0 Å². The number of aryl methyl sites for hydroxylation is 1. The van der Waals surface area contributed by atoms with Crippen LogP contribution in [0.1, 0.15) is 26.2 Å². The molecule has 0 saturated carbocycles. The molecular weight excluding hydrogens is 238 g/mol. The van der Waals surface area contributed by atoms with Crippen molar-refractivity contribution in [2.24, 2.45) is 5.73 Å². The van der Waals surface area contributed by atoms with E-state index in [0.29, 0.717) is 13.0 Å². The van der Waals surface area contributed by atoms with E-state index >= 15 is 0 Å².